The van der Waals surface area contributed by atoms with Gasteiger partial charge in [-0.15, -0.1) is 5.10 Å². The molecule has 1 aliphatic heterocycles. The second-order valence-corrected chi connectivity index (χ2v) is 8.17. The van der Waals surface area contributed by atoms with Crippen LogP contribution in [0.2, 0.25) is 0 Å². The van der Waals surface area contributed by atoms with E-state index in [0.717, 1.165) is 30.7 Å². The summed E-state index contributed by atoms with van der Waals surface area (Å²) in [5, 5.41) is 15.7. The highest BCUT2D eigenvalue weighted by molar-refractivity contribution is 7.99. The number of imide groups is 1. The van der Waals surface area contributed by atoms with Gasteiger partial charge in [-0.05, 0) is 35.8 Å². The maximum Gasteiger partial charge on any atom is 0.344 e. The van der Waals surface area contributed by atoms with Crippen LogP contribution in [-0.4, -0.2) is 48.8 Å². The van der Waals surface area contributed by atoms with Gasteiger partial charge in [-0.2, -0.15) is 5.01 Å². The number of carbonyl (C=O) groups excluding carboxylic acids is 3. The van der Waals surface area contributed by atoms with Crippen LogP contribution in [0.25, 0.3) is 0 Å². The Balaban J connectivity index is 1.38. The SMILES string of the molecule is C[C@]1(c2ccccc2)NC(=O)N(NC(=O)CSc2nnnn2C2CCCC2)C1=O. The average Bonchev–Trinajstić information content (AvgIpc) is 3.45. The Hall–Kier alpha value is -2.95. The maximum atomic E-state index is 12.8. The van der Waals surface area contributed by atoms with E-state index in [-0.39, 0.29) is 11.8 Å². The van der Waals surface area contributed by atoms with Crippen LogP contribution in [-0.2, 0) is 15.1 Å². The first-order valence-corrected chi connectivity index (χ1v) is 10.4. The molecule has 0 bridgehead atoms. The minimum Gasteiger partial charge on any atom is -0.318 e. The quantitative estimate of drug-likeness (QED) is 0.540. The largest absolute Gasteiger partial charge is 0.344 e. The molecule has 2 heterocycles. The molecule has 1 saturated carbocycles. The van der Waals surface area contributed by atoms with Gasteiger partial charge >= 0.3 is 6.03 Å². The van der Waals surface area contributed by atoms with Gasteiger partial charge in [0.1, 0.15) is 5.54 Å². The minimum absolute atomic E-state index is 0.0216. The first-order chi connectivity index (χ1) is 14.0. The van der Waals surface area contributed by atoms with Crippen molar-refractivity contribution >= 4 is 29.6 Å². The van der Waals surface area contributed by atoms with E-state index < -0.39 is 23.4 Å². The lowest BCUT2D eigenvalue weighted by atomic mass is 9.92. The third-order valence-electron chi connectivity index (χ3n) is 5.24. The second kappa shape index (κ2) is 7.82. The smallest absolute Gasteiger partial charge is 0.318 e. The molecule has 0 spiro atoms. The highest BCUT2D eigenvalue weighted by atomic mass is 32.2. The molecule has 10 nitrogen and oxygen atoms in total. The Bertz CT molecular complexity index is 929. The van der Waals surface area contributed by atoms with Gasteiger partial charge < -0.3 is 5.32 Å². The summed E-state index contributed by atoms with van der Waals surface area (Å²) < 4.78 is 1.76. The number of hydrazine groups is 1. The van der Waals surface area contributed by atoms with Gasteiger partial charge in [0.25, 0.3) is 5.91 Å². The molecule has 2 fully saturated rings. The van der Waals surface area contributed by atoms with Crippen molar-refractivity contribution < 1.29 is 14.4 Å². The first-order valence-electron chi connectivity index (χ1n) is 9.41. The van der Waals surface area contributed by atoms with Crippen LogP contribution in [0.1, 0.15) is 44.2 Å². The number of aromatic nitrogens is 4. The van der Waals surface area contributed by atoms with Crippen LogP contribution in [0.4, 0.5) is 4.79 Å². The van der Waals surface area contributed by atoms with E-state index in [2.05, 4.69) is 26.3 Å². The molecule has 152 valence electrons. The molecule has 1 aromatic heterocycles. The van der Waals surface area contributed by atoms with Crippen LogP contribution in [0, 0.1) is 0 Å². The average molecular weight is 415 g/mol. The Morgan fingerprint density at radius 1 is 1.28 bits per heavy atom. The van der Waals surface area contributed by atoms with Crippen LogP contribution in [0.5, 0.6) is 0 Å². The first kappa shape index (κ1) is 19.4. The van der Waals surface area contributed by atoms with E-state index in [4.69, 9.17) is 0 Å². The number of carbonyl (C=O) groups is 3. The van der Waals surface area contributed by atoms with Gasteiger partial charge in [0.05, 0.1) is 11.8 Å². The number of nitrogens with zero attached hydrogens (tertiary/aromatic N) is 5. The van der Waals surface area contributed by atoms with Gasteiger partial charge in [0, 0.05) is 0 Å². The Labute approximate surface area is 171 Å². The zero-order valence-electron chi connectivity index (χ0n) is 15.9. The predicted molar refractivity (Wildman–Crippen MR) is 103 cm³/mol. The van der Waals surface area contributed by atoms with Crippen LogP contribution in [0.15, 0.2) is 35.5 Å². The molecule has 29 heavy (non-hydrogen) atoms. The van der Waals surface area contributed by atoms with Crippen molar-refractivity contribution in [2.45, 2.75) is 49.3 Å². The summed E-state index contributed by atoms with van der Waals surface area (Å²) in [6.45, 7) is 1.61. The molecule has 0 unspecified atom stereocenters. The van der Waals surface area contributed by atoms with Crippen molar-refractivity contribution in [2.24, 2.45) is 0 Å². The fourth-order valence-electron chi connectivity index (χ4n) is 3.65. The van der Waals surface area contributed by atoms with Gasteiger partial charge in [-0.1, -0.05) is 54.9 Å². The monoisotopic (exact) mass is 415 g/mol. The zero-order chi connectivity index (χ0) is 20.4. The number of hydrogen-bond donors (Lipinski definition) is 2. The molecule has 4 amide bonds. The third kappa shape index (κ3) is 3.69. The van der Waals surface area contributed by atoms with E-state index in [0.29, 0.717) is 10.7 Å². The topological polar surface area (TPSA) is 122 Å². The minimum atomic E-state index is -1.23. The molecule has 2 aliphatic rings. The Morgan fingerprint density at radius 2 is 2.00 bits per heavy atom. The van der Waals surface area contributed by atoms with E-state index in [1.165, 1.54) is 11.8 Å². The number of rotatable bonds is 6. The fourth-order valence-corrected chi connectivity index (χ4v) is 4.39. The van der Waals surface area contributed by atoms with Gasteiger partial charge in [-0.3, -0.25) is 15.0 Å². The molecule has 1 atom stereocenters. The van der Waals surface area contributed by atoms with Crippen LogP contribution >= 0.6 is 11.8 Å². The van der Waals surface area contributed by atoms with Crippen molar-refractivity contribution in [3.63, 3.8) is 0 Å². The second-order valence-electron chi connectivity index (χ2n) is 7.23. The van der Waals surface area contributed by atoms with Crippen molar-refractivity contribution in [2.75, 3.05) is 5.75 Å². The number of tetrazole rings is 1. The van der Waals surface area contributed by atoms with Gasteiger partial charge in [0.2, 0.25) is 11.1 Å². The van der Waals surface area contributed by atoms with Crippen molar-refractivity contribution in [3.8, 4) is 0 Å². The molecular weight excluding hydrogens is 394 g/mol. The number of benzene rings is 1. The van der Waals surface area contributed by atoms with E-state index >= 15 is 0 Å². The number of amides is 4. The number of urea groups is 1. The lowest BCUT2D eigenvalue weighted by molar-refractivity contribution is -0.138. The maximum absolute atomic E-state index is 12.8. The zero-order valence-corrected chi connectivity index (χ0v) is 16.7. The van der Waals surface area contributed by atoms with E-state index in [9.17, 15) is 14.4 Å². The van der Waals surface area contributed by atoms with Crippen molar-refractivity contribution in [1.29, 1.82) is 0 Å². The van der Waals surface area contributed by atoms with Gasteiger partial charge in [-0.25, -0.2) is 9.48 Å². The normalized spacial score (nSPS) is 22.2. The van der Waals surface area contributed by atoms with E-state index in [1.807, 2.05) is 6.07 Å². The molecule has 0 radical (unpaired) electrons. The summed E-state index contributed by atoms with van der Waals surface area (Å²) in [6.07, 6.45) is 4.32. The summed E-state index contributed by atoms with van der Waals surface area (Å²) in [6, 6.07) is 8.48. The summed E-state index contributed by atoms with van der Waals surface area (Å²) >= 11 is 1.18. The predicted octanol–water partition coefficient (Wildman–Crippen LogP) is 1.38. The van der Waals surface area contributed by atoms with Crippen LogP contribution < -0.4 is 10.7 Å². The third-order valence-corrected chi connectivity index (χ3v) is 6.18. The number of nitrogens with one attached hydrogen (secondary N) is 2. The molecular formula is C18H21N7O3S. The van der Waals surface area contributed by atoms with Crippen molar-refractivity contribution in [3.05, 3.63) is 35.9 Å². The highest BCUT2D eigenvalue weighted by Crippen LogP contribution is 2.31. The van der Waals surface area contributed by atoms with Crippen molar-refractivity contribution in [1.82, 2.24) is 36.0 Å². The summed E-state index contributed by atoms with van der Waals surface area (Å²) in [7, 11) is 0. The molecule has 1 aliphatic carbocycles. The molecule has 4 rings (SSSR count). The van der Waals surface area contributed by atoms with Crippen LogP contribution in [0.3, 0.4) is 0 Å². The van der Waals surface area contributed by atoms with Gasteiger partial charge in [0.15, 0.2) is 0 Å². The molecule has 1 aromatic carbocycles. The number of thioether (sulfide) groups is 1. The summed E-state index contributed by atoms with van der Waals surface area (Å²) in [5.41, 5.74) is 1.80. The summed E-state index contributed by atoms with van der Waals surface area (Å²) in [4.78, 5) is 37.5. The summed E-state index contributed by atoms with van der Waals surface area (Å²) in [5.74, 6) is -1.05. The molecule has 2 N–H and O–H groups in total. The molecule has 1 saturated heterocycles. The van der Waals surface area contributed by atoms with E-state index in [1.54, 1.807) is 35.9 Å². The molecule has 2 aromatic rings. The Kier molecular flexibility index (Phi) is 5.22. The lowest BCUT2D eigenvalue weighted by Gasteiger charge is -2.22. The number of hydrogen-bond acceptors (Lipinski definition) is 7. The standard InChI is InChI=1S/C18H21N7O3S/c1-18(12-7-3-2-4-8-12)15(27)25(16(28)19-18)21-14(26)11-29-17-20-22-23-24(17)13-9-5-6-10-13/h2-4,7-8,13H,5-6,9-11H2,1H3,(H,19,28)(H,21,26)/t18-/m1/s1. The fraction of sp³-hybridized carbons (Fsp3) is 0.444. The highest BCUT2D eigenvalue weighted by Gasteiger charge is 2.49. The Morgan fingerprint density at radius 3 is 2.72 bits per heavy atom. The lowest BCUT2D eigenvalue weighted by Crippen LogP contribution is -2.48. The molecule has 11 heteroatoms.